The van der Waals surface area contributed by atoms with E-state index in [1.165, 1.54) is 17.3 Å². The van der Waals surface area contributed by atoms with Gasteiger partial charge in [0.05, 0.1) is 18.1 Å². The molecule has 1 aromatic carbocycles. The van der Waals surface area contributed by atoms with Crippen LogP contribution < -0.4 is 5.73 Å². The third-order valence-electron chi connectivity index (χ3n) is 2.58. The summed E-state index contributed by atoms with van der Waals surface area (Å²) in [5.41, 5.74) is 7.64. The average Bonchev–Trinajstić information content (AvgIpc) is 2.32. The fourth-order valence-electron chi connectivity index (χ4n) is 1.51. The first-order valence-electron chi connectivity index (χ1n) is 5.81. The Kier molecular flexibility index (Phi) is 3.57. The Morgan fingerprint density at radius 3 is 2.06 bits per heavy atom. The predicted octanol–water partition coefficient (Wildman–Crippen LogP) is 3.51. The van der Waals surface area contributed by atoms with E-state index in [1.807, 2.05) is 0 Å². The second kappa shape index (κ2) is 4.98. The highest BCUT2D eigenvalue weighted by Gasteiger charge is 2.13. The van der Waals surface area contributed by atoms with Gasteiger partial charge in [-0.15, -0.1) is 0 Å². The van der Waals surface area contributed by atoms with Crippen LogP contribution in [0.5, 0.6) is 0 Å². The van der Waals surface area contributed by atoms with E-state index in [0.717, 1.165) is 4.90 Å². The summed E-state index contributed by atoms with van der Waals surface area (Å²) in [5, 5.41) is 0.715. The lowest BCUT2D eigenvalue weighted by Gasteiger charge is -2.18. The summed E-state index contributed by atoms with van der Waals surface area (Å²) < 4.78 is 0. The molecule has 0 amide bonds. The minimum Gasteiger partial charge on any atom is -0.396 e. The molecule has 0 aliphatic rings. The van der Waals surface area contributed by atoms with Crippen LogP contribution in [0, 0.1) is 0 Å². The van der Waals surface area contributed by atoms with Crippen LogP contribution >= 0.6 is 11.8 Å². The van der Waals surface area contributed by atoms with Crippen molar-refractivity contribution in [2.24, 2.45) is 0 Å². The molecule has 0 spiro atoms. The van der Waals surface area contributed by atoms with Crippen molar-refractivity contribution in [2.45, 2.75) is 36.2 Å². The summed E-state index contributed by atoms with van der Waals surface area (Å²) in [5.74, 6) is 0. The fraction of sp³-hybridized carbons (Fsp3) is 0.286. The minimum absolute atomic E-state index is 0.181. The monoisotopic (exact) mass is 259 g/mol. The van der Waals surface area contributed by atoms with Crippen LogP contribution in [0.2, 0.25) is 0 Å². The standard InChI is InChI=1S/C14H17N3S/c1-14(2,3)10-4-6-12(7-5-10)18-13-16-8-11(15)9-17-13/h4-9H,15H2,1-3H3. The summed E-state index contributed by atoms with van der Waals surface area (Å²) in [6.45, 7) is 6.62. The van der Waals surface area contributed by atoms with Gasteiger partial charge in [0, 0.05) is 4.90 Å². The van der Waals surface area contributed by atoms with E-state index in [1.54, 1.807) is 12.4 Å². The number of aromatic nitrogens is 2. The molecule has 1 aromatic heterocycles. The number of benzene rings is 1. The smallest absolute Gasteiger partial charge is 0.192 e. The van der Waals surface area contributed by atoms with Crippen molar-refractivity contribution in [2.75, 3.05) is 5.73 Å². The Labute approximate surface area is 112 Å². The van der Waals surface area contributed by atoms with Crippen molar-refractivity contribution in [3.05, 3.63) is 42.2 Å². The van der Waals surface area contributed by atoms with Crippen LogP contribution in [0.25, 0.3) is 0 Å². The highest BCUT2D eigenvalue weighted by Crippen LogP contribution is 2.28. The maximum absolute atomic E-state index is 5.55. The van der Waals surface area contributed by atoms with Crippen LogP contribution in [0.3, 0.4) is 0 Å². The first-order valence-corrected chi connectivity index (χ1v) is 6.63. The lowest BCUT2D eigenvalue weighted by molar-refractivity contribution is 0.590. The number of anilines is 1. The Hall–Kier alpha value is -1.55. The molecule has 0 bridgehead atoms. The lowest BCUT2D eigenvalue weighted by atomic mass is 9.87. The van der Waals surface area contributed by atoms with Crippen molar-refractivity contribution in [3.8, 4) is 0 Å². The molecule has 4 heteroatoms. The van der Waals surface area contributed by atoms with Gasteiger partial charge in [-0.25, -0.2) is 9.97 Å². The molecule has 0 radical (unpaired) electrons. The molecule has 0 aliphatic carbocycles. The molecular weight excluding hydrogens is 242 g/mol. The topological polar surface area (TPSA) is 51.8 Å². The van der Waals surface area contributed by atoms with E-state index in [4.69, 9.17) is 5.73 Å². The molecular formula is C14H17N3S. The second-order valence-electron chi connectivity index (χ2n) is 5.18. The second-order valence-corrected chi connectivity index (χ2v) is 6.22. The fourth-order valence-corrected chi connectivity index (χ4v) is 2.20. The number of nitrogen functional groups attached to an aromatic ring is 1. The molecule has 2 N–H and O–H groups in total. The van der Waals surface area contributed by atoms with Gasteiger partial charge >= 0.3 is 0 Å². The summed E-state index contributed by atoms with van der Waals surface area (Å²) in [6, 6.07) is 8.51. The molecule has 0 atom stereocenters. The zero-order valence-corrected chi connectivity index (χ0v) is 11.7. The predicted molar refractivity (Wildman–Crippen MR) is 75.7 cm³/mol. The number of nitrogens with two attached hydrogens (primary N) is 1. The Morgan fingerprint density at radius 1 is 1.00 bits per heavy atom. The number of hydrogen-bond acceptors (Lipinski definition) is 4. The lowest BCUT2D eigenvalue weighted by Crippen LogP contribution is -2.10. The molecule has 18 heavy (non-hydrogen) atoms. The molecule has 1 heterocycles. The molecule has 2 rings (SSSR count). The third-order valence-corrected chi connectivity index (χ3v) is 3.48. The van der Waals surface area contributed by atoms with Crippen molar-refractivity contribution in [1.29, 1.82) is 0 Å². The molecule has 0 fully saturated rings. The summed E-state index contributed by atoms with van der Waals surface area (Å²) in [6.07, 6.45) is 3.25. The Morgan fingerprint density at radius 2 is 1.56 bits per heavy atom. The molecule has 0 saturated carbocycles. The van der Waals surface area contributed by atoms with Gasteiger partial charge in [0.15, 0.2) is 5.16 Å². The molecule has 0 saturated heterocycles. The summed E-state index contributed by atoms with van der Waals surface area (Å²) in [7, 11) is 0. The highest BCUT2D eigenvalue weighted by atomic mass is 32.2. The Bertz CT molecular complexity index is 512. The quantitative estimate of drug-likeness (QED) is 0.839. The maximum Gasteiger partial charge on any atom is 0.192 e. The summed E-state index contributed by atoms with van der Waals surface area (Å²) in [4.78, 5) is 9.48. The van der Waals surface area contributed by atoms with E-state index in [9.17, 15) is 0 Å². The van der Waals surface area contributed by atoms with Crippen LogP contribution in [0.15, 0.2) is 46.7 Å². The first kappa shape index (κ1) is 12.9. The van der Waals surface area contributed by atoms with E-state index < -0.39 is 0 Å². The molecule has 94 valence electrons. The van der Waals surface area contributed by atoms with E-state index in [0.29, 0.717) is 10.8 Å². The van der Waals surface area contributed by atoms with Gasteiger partial charge in [0.25, 0.3) is 0 Å². The molecule has 3 nitrogen and oxygen atoms in total. The van der Waals surface area contributed by atoms with Gasteiger partial charge in [0.2, 0.25) is 0 Å². The average molecular weight is 259 g/mol. The van der Waals surface area contributed by atoms with Gasteiger partial charge < -0.3 is 5.73 Å². The minimum atomic E-state index is 0.181. The summed E-state index contributed by atoms with van der Waals surface area (Å²) >= 11 is 1.54. The number of hydrogen-bond donors (Lipinski definition) is 1. The van der Waals surface area contributed by atoms with Crippen LogP contribution in [-0.2, 0) is 5.41 Å². The van der Waals surface area contributed by atoms with Crippen LogP contribution in [0.1, 0.15) is 26.3 Å². The third kappa shape index (κ3) is 3.23. The number of rotatable bonds is 2. The molecule has 0 aliphatic heterocycles. The van der Waals surface area contributed by atoms with Gasteiger partial charge in [-0.1, -0.05) is 32.9 Å². The van der Waals surface area contributed by atoms with E-state index >= 15 is 0 Å². The zero-order valence-electron chi connectivity index (χ0n) is 10.8. The van der Waals surface area contributed by atoms with Crippen molar-refractivity contribution < 1.29 is 0 Å². The van der Waals surface area contributed by atoms with Crippen molar-refractivity contribution in [3.63, 3.8) is 0 Å². The largest absolute Gasteiger partial charge is 0.396 e. The molecule has 2 aromatic rings. The van der Waals surface area contributed by atoms with Crippen LogP contribution in [0.4, 0.5) is 5.69 Å². The van der Waals surface area contributed by atoms with Gasteiger partial charge in [0.1, 0.15) is 0 Å². The van der Waals surface area contributed by atoms with Crippen LogP contribution in [-0.4, -0.2) is 9.97 Å². The van der Waals surface area contributed by atoms with Gasteiger partial charge in [-0.3, -0.25) is 0 Å². The van der Waals surface area contributed by atoms with Crippen molar-refractivity contribution in [1.82, 2.24) is 9.97 Å². The molecule has 0 unspecified atom stereocenters. The Balaban J connectivity index is 2.13. The SMILES string of the molecule is CC(C)(C)c1ccc(Sc2ncc(N)cn2)cc1. The zero-order chi connectivity index (χ0) is 13.2. The normalized spacial score (nSPS) is 11.5. The van der Waals surface area contributed by atoms with Gasteiger partial charge in [-0.05, 0) is 34.9 Å². The van der Waals surface area contributed by atoms with E-state index in [-0.39, 0.29) is 5.41 Å². The van der Waals surface area contributed by atoms with Crippen molar-refractivity contribution >= 4 is 17.4 Å². The van der Waals surface area contributed by atoms with Gasteiger partial charge in [-0.2, -0.15) is 0 Å². The highest BCUT2D eigenvalue weighted by molar-refractivity contribution is 7.99. The first-order chi connectivity index (χ1) is 8.45. The number of nitrogens with zero attached hydrogens (tertiary/aromatic N) is 2. The maximum atomic E-state index is 5.55. The van der Waals surface area contributed by atoms with E-state index in [2.05, 4.69) is 55.0 Å².